The summed E-state index contributed by atoms with van der Waals surface area (Å²) in [5.74, 6) is 0.955. The monoisotopic (exact) mass is 229 g/mol. The van der Waals surface area contributed by atoms with Gasteiger partial charge in [0.25, 0.3) is 0 Å². The van der Waals surface area contributed by atoms with Crippen LogP contribution in [0.1, 0.15) is 13.8 Å². The summed E-state index contributed by atoms with van der Waals surface area (Å²) in [6, 6.07) is 9.06. The molecule has 3 nitrogen and oxygen atoms in total. The van der Waals surface area contributed by atoms with Gasteiger partial charge in [-0.2, -0.15) is 0 Å². The minimum Gasteiger partial charge on any atom is -0.507 e. The van der Waals surface area contributed by atoms with Crippen LogP contribution in [0.5, 0.6) is 11.5 Å². The molecule has 17 heavy (non-hydrogen) atoms. The van der Waals surface area contributed by atoms with Gasteiger partial charge >= 0.3 is 0 Å². The lowest BCUT2D eigenvalue weighted by atomic mass is 10.1. The lowest BCUT2D eigenvalue weighted by Gasteiger charge is -2.10. The van der Waals surface area contributed by atoms with E-state index >= 15 is 0 Å². The van der Waals surface area contributed by atoms with Gasteiger partial charge in [0.1, 0.15) is 11.5 Å². The van der Waals surface area contributed by atoms with Gasteiger partial charge in [0, 0.05) is 17.3 Å². The molecule has 0 unspecified atom stereocenters. The van der Waals surface area contributed by atoms with Crippen LogP contribution in [0.25, 0.3) is 11.1 Å². The summed E-state index contributed by atoms with van der Waals surface area (Å²) in [7, 11) is 0. The quantitative estimate of drug-likeness (QED) is 0.878. The van der Waals surface area contributed by atoms with Gasteiger partial charge < -0.3 is 9.84 Å². The number of phenolic OH excluding ortho intramolecular Hbond substituents is 1. The molecular weight excluding hydrogens is 214 g/mol. The van der Waals surface area contributed by atoms with Crippen molar-refractivity contribution in [1.82, 2.24) is 4.98 Å². The highest BCUT2D eigenvalue weighted by Crippen LogP contribution is 2.30. The molecule has 0 spiro atoms. The molecule has 0 aliphatic rings. The molecule has 0 saturated carbocycles. The highest BCUT2D eigenvalue weighted by molar-refractivity contribution is 5.70. The first-order valence-electron chi connectivity index (χ1n) is 5.57. The van der Waals surface area contributed by atoms with Crippen molar-refractivity contribution in [2.75, 3.05) is 0 Å². The molecule has 0 amide bonds. The molecule has 2 rings (SSSR count). The third-order valence-electron chi connectivity index (χ3n) is 2.30. The van der Waals surface area contributed by atoms with Gasteiger partial charge in [0.2, 0.25) is 0 Å². The first-order chi connectivity index (χ1) is 8.16. The first kappa shape index (κ1) is 11.5. The van der Waals surface area contributed by atoms with E-state index in [0.29, 0.717) is 5.75 Å². The fraction of sp³-hybridized carbons (Fsp3) is 0.214. The number of phenols is 1. The van der Waals surface area contributed by atoms with Crippen molar-refractivity contribution < 1.29 is 9.84 Å². The maximum absolute atomic E-state index is 9.77. The Bertz CT molecular complexity index is 509. The van der Waals surface area contributed by atoms with E-state index in [9.17, 15) is 5.11 Å². The molecule has 0 saturated heterocycles. The Morgan fingerprint density at radius 3 is 2.65 bits per heavy atom. The van der Waals surface area contributed by atoms with Gasteiger partial charge in [-0.05, 0) is 26.0 Å². The van der Waals surface area contributed by atoms with Crippen LogP contribution in [-0.4, -0.2) is 16.2 Å². The number of ether oxygens (including phenoxy) is 1. The molecule has 1 aromatic heterocycles. The van der Waals surface area contributed by atoms with E-state index in [1.807, 2.05) is 32.0 Å². The number of aromatic nitrogens is 1. The third kappa shape index (κ3) is 2.75. The zero-order chi connectivity index (χ0) is 12.3. The second-order valence-electron chi connectivity index (χ2n) is 4.09. The van der Waals surface area contributed by atoms with Crippen molar-refractivity contribution in [3.63, 3.8) is 0 Å². The van der Waals surface area contributed by atoms with Crippen molar-refractivity contribution in [3.8, 4) is 22.6 Å². The van der Waals surface area contributed by atoms with E-state index in [2.05, 4.69) is 4.98 Å². The van der Waals surface area contributed by atoms with Crippen molar-refractivity contribution >= 4 is 0 Å². The number of hydrogen-bond acceptors (Lipinski definition) is 3. The fourth-order valence-electron chi connectivity index (χ4n) is 1.62. The van der Waals surface area contributed by atoms with Crippen LogP contribution in [-0.2, 0) is 0 Å². The molecule has 0 aliphatic carbocycles. The summed E-state index contributed by atoms with van der Waals surface area (Å²) in [6.45, 7) is 3.93. The zero-order valence-electron chi connectivity index (χ0n) is 9.92. The molecule has 1 N–H and O–H groups in total. The number of rotatable bonds is 3. The summed E-state index contributed by atoms with van der Waals surface area (Å²) in [5.41, 5.74) is 1.61. The van der Waals surface area contributed by atoms with E-state index in [1.165, 1.54) is 0 Å². The molecule has 88 valence electrons. The SMILES string of the molecule is CC(C)Oc1cncc(-c2ccccc2O)c1. The van der Waals surface area contributed by atoms with E-state index in [-0.39, 0.29) is 11.9 Å². The van der Waals surface area contributed by atoms with Crippen molar-refractivity contribution in [2.45, 2.75) is 20.0 Å². The lowest BCUT2D eigenvalue weighted by molar-refractivity contribution is 0.241. The molecule has 3 heteroatoms. The molecule has 2 aromatic rings. The average Bonchev–Trinajstić information content (AvgIpc) is 2.29. The average molecular weight is 229 g/mol. The van der Waals surface area contributed by atoms with Crippen LogP contribution in [0.4, 0.5) is 0 Å². The Morgan fingerprint density at radius 2 is 1.94 bits per heavy atom. The Labute approximate surface area is 101 Å². The lowest BCUT2D eigenvalue weighted by Crippen LogP contribution is -2.05. The van der Waals surface area contributed by atoms with Gasteiger partial charge in [0.15, 0.2) is 0 Å². The predicted molar refractivity (Wildman–Crippen MR) is 67.1 cm³/mol. The van der Waals surface area contributed by atoms with Crippen LogP contribution in [0.3, 0.4) is 0 Å². The van der Waals surface area contributed by atoms with Crippen LogP contribution in [0.15, 0.2) is 42.7 Å². The fourth-order valence-corrected chi connectivity index (χ4v) is 1.62. The van der Waals surface area contributed by atoms with Crippen molar-refractivity contribution in [1.29, 1.82) is 0 Å². The molecule has 0 radical (unpaired) electrons. The summed E-state index contributed by atoms with van der Waals surface area (Å²) in [5, 5.41) is 9.77. The number of hydrogen-bond donors (Lipinski definition) is 1. The maximum atomic E-state index is 9.77. The maximum Gasteiger partial charge on any atom is 0.138 e. The summed E-state index contributed by atoms with van der Waals surface area (Å²) in [4.78, 5) is 4.12. The topological polar surface area (TPSA) is 42.4 Å². The Hall–Kier alpha value is -2.03. The zero-order valence-corrected chi connectivity index (χ0v) is 9.92. The minimum absolute atomic E-state index is 0.108. The third-order valence-corrected chi connectivity index (χ3v) is 2.30. The highest BCUT2D eigenvalue weighted by atomic mass is 16.5. The van der Waals surface area contributed by atoms with Gasteiger partial charge in [0.05, 0.1) is 12.3 Å². The second kappa shape index (κ2) is 4.87. The standard InChI is InChI=1S/C14H15NO2/c1-10(2)17-12-7-11(8-15-9-12)13-5-3-4-6-14(13)16/h3-10,16H,1-2H3. The number of benzene rings is 1. The van der Waals surface area contributed by atoms with Crippen molar-refractivity contribution in [3.05, 3.63) is 42.7 Å². The van der Waals surface area contributed by atoms with E-state index in [1.54, 1.807) is 24.5 Å². The van der Waals surface area contributed by atoms with Gasteiger partial charge in [-0.3, -0.25) is 4.98 Å². The Balaban J connectivity index is 2.37. The number of nitrogens with zero attached hydrogens (tertiary/aromatic N) is 1. The van der Waals surface area contributed by atoms with E-state index in [4.69, 9.17) is 4.74 Å². The Morgan fingerprint density at radius 1 is 1.18 bits per heavy atom. The smallest absolute Gasteiger partial charge is 0.138 e. The molecule has 0 atom stereocenters. The first-order valence-corrected chi connectivity index (χ1v) is 5.57. The number of para-hydroxylation sites is 1. The summed E-state index contributed by atoms with van der Waals surface area (Å²) in [6.07, 6.45) is 3.49. The normalized spacial score (nSPS) is 10.5. The van der Waals surface area contributed by atoms with Crippen LogP contribution in [0.2, 0.25) is 0 Å². The number of pyridine rings is 1. The van der Waals surface area contributed by atoms with E-state index in [0.717, 1.165) is 11.1 Å². The van der Waals surface area contributed by atoms with Crippen LogP contribution >= 0.6 is 0 Å². The van der Waals surface area contributed by atoms with Crippen LogP contribution < -0.4 is 4.74 Å². The van der Waals surface area contributed by atoms with Gasteiger partial charge in [-0.1, -0.05) is 18.2 Å². The minimum atomic E-state index is 0.108. The van der Waals surface area contributed by atoms with Crippen LogP contribution in [0, 0.1) is 0 Å². The molecule has 1 aromatic carbocycles. The summed E-state index contributed by atoms with van der Waals surface area (Å²) < 4.78 is 5.57. The molecular formula is C14H15NO2. The van der Waals surface area contributed by atoms with Gasteiger partial charge in [-0.25, -0.2) is 0 Å². The molecule has 1 heterocycles. The second-order valence-corrected chi connectivity index (χ2v) is 4.09. The van der Waals surface area contributed by atoms with Gasteiger partial charge in [-0.15, -0.1) is 0 Å². The summed E-state index contributed by atoms with van der Waals surface area (Å²) >= 11 is 0. The molecule has 0 bridgehead atoms. The largest absolute Gasteiger partial charge is 0.507 e. The Kier molecular flexibility index (Phi) is 3.28. The predicted octanol–water partition coefficient (Wildman–Crippen LogP) is 3.24. The highest BCUT2D eigenvalue weighted by Gasteiger charge is 2.05. The molecule has 0 aliphatic heterocycles. The number of aromatic hydroxyl groups is 1. The van der Waals surface area contributed by atoms with E-state index < -0.39 is 0 Å². The molecule has 0 fully saturated rings. The van der Waals surface area contributed by atoms with Crippen molar-refractivity contribution in [2.24, 2.45) is 0 Å².